The number of amides is 1. The zero-order valence-corrected chi connectivity index (χ0v) is 10.4. The van der Waals surface area contributed by atoms with Crippen LogP contribution in [0.4, 0.5) is 5.69 Å². The molecule has 0 unspecified atom stereocenters. The molecule has 0 aliphatic rings. The molecule has 0 saturated carbocycles. The van der Waals surface area contributed by atoms with Crippen LogP contribution < -0.4 is 15.8 Å². The van der Waals surface area contributed by atoms with Crippen molar-refractivity contribution in [2.75, 3.05) is 11.9 Å². The number of nitrogens with one attached hydrogen (secondary N) is 1. The minimum Gasteiger partial charge on any atom is -0.491 e. The maximum absolute atomic E-state index is 11.4. The monoisotopic (exact) mass is 236 g/mol. The van der Waals surface area contributed by atoms with Gasteiger partial charge in [0.25, 0.3) is 0 Å². The molecule has 17 heavy (non-hydrogen) atoms. The summed E-state index contributed by atoms with van der Waals surface area (Å²) >= 11 is 0. The third-order valence-corrected chi connectivity index (χ3v) is 2.12. The second kappa shape index (κ2) is 6.91. The van der Waals surface area contributed by atoms with Crippen molar-refractivity contribution in [3.8, 4) is 5.75 Å². The van der Waals surface area contributed by atoms with E-state index in [0.717, 1.165) is 11.4 Å². The van der Waals surface area contributed by atoms with E-state index in [4.69, 9.17) is 10.5 Å². The number of hydrogen-bond donors (Lipinski definition) is 2. The minimum absolute atomic E-state index is 0.00650. The minimum atomic E-state index is -0.00650. The van der Waals surface area contributed by atoms with Gasteiger partial charge in [-0.25, -0.2) is 0 Å². The molecule has 4 heteroatoms. The number of hydrogen-bond acceptors (Lipinski definition) is 3. The Labute approximate surface area is 102 Å². The van der Waals surface area contributed by atoms with E-state index < -0.39 is 0 Å². The van der Waals surface area contributed by atoms with Gasteiger partial charge in [0, 0.05) is 12.1 Å². The molecule has 0 fully saturated rings. The summed E-state index contributed by atoms with van der Waals surface area (Å²) in [4.78, 5) is 11.4. The average Bonchev–Trinajstić information content (AvgIpc) is 2.28. The van der Waals surface area contributed by atoms with E-state index in [2.05, 4.69) is 5.32 Å². The zero-order valence-electron chi connectivity index (χ0n) is 10.4. The summed E-state index contributed by atoms with van der Waals surface area (Å²) in [5.74, 6) is 0.799. The molecule has 1 amide bonds. The first-order chi connectivity index (χ1) is 8.11. The molecule has 0 aromatic heterocycles. The molecular weight excluding hydrogens is 216 g/mol. The molecule has 1 aromatic rings. The van der Waals surface area contributed by atoms with E-state index in [1.54, 1.807) is 0 Å². The van der Waals surface area contributed by atoms with E-state index in [1.165, 1.54) is 0 Å². The van der Waals surface area contributed by atoms with Crippen molar-refractivity contribution >= 4 is 11.6 Å². The van der Waals surface area contributed by atoms with Crippen molar-refractivity contribution in [2.24, 2.45) is 5.73 Å². The van der Waals surface area contributed by atoms with Crippen LogP contribution >= 0.6 is 0 Å². The van der Waals surface area contributed by atoms with Crippen molar-refractivity contribution in [2.45, 2.75) is 32.8 Å². The van der Waals surface area contributed by atoms with Gasteiger partial charge in [-0.3, -0.25) is 4.79 Å². The summed E-state index contributed by atoms with van der Waals surface area (Å²) in [7, 11) is 0. The second-order valence-electron chi connectivity index (χ2n) is 4.13. The number of rotatable bonds is 6. The number of carbonyl (C=O) groups excluding carboxylic acids is 1. The van der Waals surface area contributed by atoms with Crippen LogP contribution in [0.5, 0.6) is 5.75 Å². The van der Waals surface area contributed by atoms with Gasteiger partial charge in [0.2, 0.25) is 5.91 Å². The fourth-order valence-electron chi connectivity index (χ4n) is 1.38. The summed E-state index contributed by atoms with van der Waals surface area (Å²) in [6.45, 7) is 4.49. The highest BCUT2D eigenvalue weighted by Crippen LogP contribution is 2.17. The molecule has 0 heterocycles. The van der Waals surface area contributed by atoms with Crippen LogP contribution in [0.2, 0.25) is 0 Å². The first-order valence-electron chi connectivity index (χ1n) is 5.88. The van der Waals surface area contributed by atoms with Gasteiger partial charge in [-0.15, -0.1) is 0 Å². The molecule has 94 valence electrons. The Bertz CT molecular complexity index is 347. The van der Waals surface area contributed by atoms with Crippen LogP contribution in [0.3, 0.4) is 0 Å². The molecular formula is C13H20N2O2. The van der Waals surface area contributed by atoms with Gasteiger partial charge in [-0.1, -0.05) is 0 Å². The molecule has 0 aliphatic carbocycles. The smallest absolute Gasteiger partial charge is 0.224 e. The standard InChI is InChI=1S/C13H20N2O2/c1-10(2)17-12-7-5-11(6-8-12)15-13(16)4-3-9-14/h5-8,10H,3-4,9,14H2,1-2H3,(H,15,16). The van der Waals surface area contributed by atoms with Gasteiger partial charge in [0.05, 0.1) is 6.10 Å². The highest BCUT2D eigenvalue weighted by molar-refractivity contribution is 5.90. The quantitative estimate of drug-likeness (QED) is 0.795. The third kappa shape index (κ3) is 5.36. The number of carbonyl (C=O) groups is 1. The molecule has 0 radical (unpaired) electrons. The summed E-state index contributed by atoms with van der Waals surface area (Å²) in [6.07, 6.45) is 1.32. The van der Waals surface area contributed by atoms with E-state index >= 15 is 0 Å². The van der Waals surface area contributed by atoms with Crippen molar-refractivity contribution in [1.82, 2.24) is 0 Å². The fraction of sp³-hybridized carbons (Fsp3) is 0.462. The lowest BCUT2D eigenvalue weighted by molar-refractivity contribution is -0.116. The van der Waals surface area contributed by atoms with Crippen molar-refractivity contribution < 1.29 is 9.53 Å². The van der Waals surface area contributed by atoms with E-state index in [-0.39, 0.29) is 12.0 Å². The SMILES string of the molecule is CC(C)Oc1ccc(NC(=O)CCCN)cc1. The van der Waals surface area contributed by atoms with Crippen LogP contribution in [0.1, 0.15) is 26.7 Å². The average molecular weight is 236 g/mol. The Hall–Kier alpha value is -1.55. The lowest BCUT2D eigenvalue weighted by Crippen LogP contribution is -2.13. The van der Waals surface area contributed by atoms with E-state index in [1.807, 2.05) is 38.1 Å². The van der Waals surface area contributed by atoms with Crippen LogP contribution in [0.25, 0.3) is 0 Å². The molecule has 1 rings (SSSR count). The van der Waals surface area contributed by atoms with Gasteiger partial charge < -0.3 is 15.8 Å². The molecule has 0 bridgehead atoms. The molecule has 0 atom stereocenters. The third-order valence-electron chi connectivity index (χ3n) is 2.12. The van der Waals surface area contributed by atoms with Gasteiger partial charge >= 0.3 is 0 Å². The summed E-state index contributed by atoms with van der Waals surface area (Å²) < 4.78 is 5.51. The topological polar surface area (TPSA) is 64.3 Å². The number of nitrogens with two attached hydrogens (primary N) is 1. The predicted molar refractivity (Wildman–Crippen MR) is 69.1 cm³/mol. The largest absolute Gasteiger partial charge is 0.491 e. The molecule has 4 nitrogen and oxygen atoms in total. The summed E-state index contributed by atoms with van der Waals surface area (Å²) in [6, 6.07) is 7.35. The second-order valence-corrected chi connectivity index (χ2v) is 4.13. The highest BCUT2D eigenvalue weighted by Gasteiger charge is 2.02. The summed E-state index contributed by atoms with van der Waals surface area (Å²) in [5.41, 5.74) is 6.12. The highest BCUT2D eigenvalue weighted by atomic mass is 16.5. The Morgan fingerprint density at radius 1 is 1.35 bits per heavy atom. The van der Waals surface area contributed by atoms with Crippen molar-refractivity contribution in [3.05, 3.63) is 24.3 Å². The van der Waals surface area contributed by atoms with Gasteiger partial charge in [0.15, 0.2) is 0 Å². The fourth-order valence-corrected chi connectivity index (χ4v) is 1.38. The van der Waals surface area contributed by atoms with Crippen LogP contribution in [0, 0.1) is 0 Å². The molecule has 0 aliphatic heterocycles. The van der Waals surface area contributed by atoms with Crippen LogP contribution in [-0.2, 0) is 4.79 Å². The number of ether oxygens (including phenoxy) is 1. The zero-order chi connectivity index (χ0) is 12.7. The van der Waals surface area contributed by atoms with Crippen molar-refractivity contribution in [3.63, 3.8) is 0 Å². The lowest BCUT2D eigenvalue weighted by Gasteiger charge is -2.10. The predicted octanol–water partition coefficient (Wildman–Crippen LogP) is 2.15. The van der Waals surface area contributed by atoms with Crippen molar-refractivity contribution in [1.29, 1.82) is 0 Å². The van der Waals surface area contributed by atoms with E-state index in [9.17, 15) is 4.79 Å². The van der Waals surface area contributed by atoms with Crippen LogP contribution in [-0.4, -0.2) is 18.6 Å². The van der Waals surface area contributed by atoms with E-state index in [0.29, 0.717) is 19.4 Å². The Kier molecular flexibility index (Phi) is 5.49. The van der Waals surface area contributed by atoms with Crippen LogP contribution in [0.15, 0.2) is 24.3 Å². The molecule has 1 aromatic carbocycles. The normalized spacial score (nSPS) is 10.4. The Morgan fingerprint density at radius 2 is 2.00 bits per heavy atom. The summed E-state index contributed by atoms with van der Waals surface area (Å²) in [5, 5.41) is 2.81. The lowest BCUT2D eigenvalue weighted by atomic mass is 10.2. The van der Waals surface area contributed by atoms with Gasteiger partial charge in [-0.05, 0) is 51.1 Å². The first kappa shape index (κ1) is 13.5. The molecule has 0 saturated heterocycles. The first-order valence-corrected chi connectivity index (χ1v) is 5.88. The number of benzene rings is 1. The maximum atomic E-state index is 11.4. The van der Waals surface area contributed by atoms with Gasteiger partial charge in [-0.2, -0.15) is 0 Å². The van der Waals surface area contributed by atoms with Gasteiger partial charge in [0.1, 0.15) is 5.75 Å². The number of anilines is 1. The molecule has 3 N–H and O–H groups in total. The maximum Gasteiger partial charge on any atom is 0.224 e. The molecule has 0 spiro atoms. The Balaban J connectivity index is 2.47. The Morgan fingerprint density at radius 3 is 2.53 bits per heavy atom.